The highest BCUT2D eigenvalue weighted by atomic mass is 79.9. The van der Waals surface area contributed by atoms with E-state index >= 15 is 0 Å². The van der Waals surface area contributed by atoms with Crippen molar-refractivity contribution in [3.63, 3.8) is 0 Å². The molecule has 0 saturated carbocycles. The number of hydrogen-bond donors (Lipinski definition) is 0. The van der Waals surface area contributed by atoms with Crippen LogP contribution in [0.15, 0.2) is 0 Å². The summed E-state index contributed by atoms with van der Waals surface area (Å²) < 4.78 is 11.5. The van der Waals surface area contributed by atoms with E-state index < -0.39 is 10.4 Å². The van der Waals surface area contributed by atoms with Gasteiger partial charge in [0.25, 0.3) is 0 Å². The van der Waals surface area contributed by atoms with Gasteiger partial charge in [-0.05, 0) is 29.8 Å². The van der Waals surface area contributed by atoms with Crippen molar-refractivity contribution < 1.29 is 9.18 Å². The maximum absolute atomic E-state index is 12.1. The van der Waals surface area contributed by atoms with Gasteiger partial charge in [0.05, 0.1) is 0 Å². The summed E-state index contributed by atoms with van der Waals surface area (Å²) in [4.78, 5) is 10.0. The fraction of sp³-hybridized carbons (Fsp3) is 0.750. The number of alkyl halides is 1. The Labute approximate surface area is 50.0 Å². The smallest absolute Gasteiger partial charge is 0.234 e. The monoisotopic (exact) mass is 168 g/mol. The van der Waals surface area contributed by atoms with Gasteiger partial charge >= 0.3 is 0 Å². The number of hydrogen-bond acceptors (Lipinski definition) is 1. The lowest BCUT2D eigenvalue weighted by Crippen LogP contribution is -2.19. The highest BCUT2D eigenvalue weighted by Gasteiger charge is 2.22. The predicted octanol–water partition coefficient (Wildman–Crippen LogP) is 1.66. The van der Waals surface area contributed by atoms with Gasteiger partial charge in [0.2, 0.25) is 4.69 Å². The first-order valence-electron chi connectivity index (χ1n) is 1.83. The first-order chi connectivity index (χ1) is 2.94. The van der Waals surface area contributed by atoms with E-state index in [0.29, 0.717) is 0 Å². The highest BCUT2D eigenvalue weighted by molar-refractivity contribution is 9.18. The van der Waals surface area contributed by atoms with Gasteiger partial charge in [-0.25, -0.2) is 4.39 Å². The molecule has 0 aliphatic rings. The Hall–Kier alpha value is 0.0800. The van der Waals surface area contributed by atoms with Crippen molar-refractivity contribution >= 4 is 20.6 Å². The van der Waals surface area contributed by atoms with Gasteiger partial charge in [-0.1, -0.05) is 0 Å². The maximum Gasteiger partial charge on any atom is 0.234 e. The molecular weight excluding hydrogens is 163 g/mol. The molecule has 0 fully saturated rings. The van der Waals surface area contributed by atoms with Crippen molar-refractivity contribution in [1.29, 1.82) is 0 Å². The summed E-state index contributed by atoms with van der Waals surface area (Å²) in [6.45, 7) is 2.40. The average molecular weight is 169 g/mol. The molecule has 0 unspecified atom stereocenters. The predicted molar refractivity (Wildman–Crippen MR) is 29.1 cm³/mol. The normalized spacial score (nSPS) is 11.4. The standard InChI is InChI=1S/C4H6BrFO/c1-4(2,6)3(5)7/h1-2H3. The van der Waals surface area contributed by atoms with E-state index in [4.69, 9.17) is 0 Å². The second kappa shape index (κ2) is 1.90. The van der Waals surface area contributed by atoms with Crippen LogP contribution >= 0.6 is 15.9 Å². The molecule has 1 nitrogen and oxygen atoms in total. The van der Waals surface area contributed by atoms with Crippen LogP contribution in [0.3, 0.4) is 0 Å². The SMILES string of the molecule is CC(C)(F)C(=O)Br. The topological polar surface area (TPSA) is 17.1 Å². The summed E-state index contributed by atoms with van der Waals surface area (Å²) in [5.74, 6) is 0. The third-order valence-corrected chi connectivity index (χ3v) is 1.41. The Bertz CT molecular complexity index is 84.2. The zero-order valence-electron chi connectivity index (χ0n) is 4.16. The maximum atomic E-state index is 12.1. The van der Waals surface area contributed by atoms with Crippen LogP contribution in [-0.4, -0.2) is 10.4 Å². The average Bonchev–Trinajstić information content (AvgIpc) is 1.31. The van der Waals surface area contributed by atoms with Crippen LogP contribution in [0.2, 0.25) is 0 Å². The lowest BCUT2D eigenvalue weighted by molar-refractivity contribution is -0.118. The Balaban J connectivity index is 3.79. The van der Waals surface area contributed by atoms with Crippen molar-refractivity contribution in [3.8, 4) is 0 Å². The van der Waals surface area contributed by atoms with Crippen molar-refractivity contribution in [1.82, 2.24) is 0 Å². The van der Waals surface area contributed by atoms with E-state index in [9.17, 15) is 9.18 Å². The molecule has 0 aromatic rings. The third-order valence-electron chi connectivity index (χ3n) is 0.467. The minimum absolute atomic E-state index is 0.611. The van der Waals surface area contributed by atoms with Crippen LogP contribution in [0, 0.1) is 0 Å². The van der Waals surface area contributed by atoms with E-state index in [-0.39, 0.29) is 0 Å². The van der Waals surface area contributed by atoms with Crippen LogP contribution in [0.4, 0.5) is 4.39 Å². The second-order valence-corrected chi connectivity index (χ2v) is 2.47. The Morgan fingerprint density at radius 2 is 1.86 bits per heavy atom. The highest BCUT2D eigenvalue weighted by Crippen LogP contribution is 2.12. The summed E-state index contributed by atoms with van der Waals surface area (Å²) in [5, 5.41) is 0. The van der Waals surface area contributed by atoms with Gasteiger partial charge in [0.15, 0.2) is 5.67 Å². The van der Waals surface area contributed by atoms with Crippen molar-refractivity contribution in [2.45, 2.75) is 19.5 Å². The van der Waals surface area contributed by atoms with Crippen molar-refractivity contribution in [2.75, 3.05) is 0 Å². The molecular formula is C4H6BrFO. The molecule has 0 radical (unpaired) electrons. The molecule has 0 spiro atoms. The lowest BCUT2D eigenvalue weighted by atomic mass is 10.2. The van der Waals surface area contributed by atoms with E-state index in [2.05, 4.69) is 15.9 Å². The van der Waals surface area contributed by atoms with Gasteiger partial charge in [0.1, 0.15) is 0 Å². The minimum Gasteiger partial charge on any atom is -0.283 e. The zero-order chi connectivity index (χ0) is 6.08. The molecule has 0 aromatic heterocycles. The van der Waals surface area contributed by atoms with Crippen LogP contribution in [-0.2, 0) is 4.79 Å². The van der Waals surface area contributed by atoms with Crippen molar-refractivity contribution in [2.24, 2.45) is 0 Å². The molecule has 0 bridgehead atoms. The van der Waals surface area contributed by atoms with E-state index in [1.54, 1.807) is 0 Å². The van der Waals surface area contributed by atoms with Crippen LogP contribution in [0.1, 0.15) is 13.8 Å². The third kappa shape index (κ3) is 2.74. The Kier molecular flexibility index (Phi) is 1.92. The van der Waals surface area contributed by atoms with Gasteiger partial charge in [-0.2, -0.15) is 0 Å². The molecule has 0 N–H and O–H groups in total. The van der Waals surface area contributed by atoms with Crippen LogP contribution in [0.5, 0.6) is 0 Å². The molecule has 0 aliphatic carbocycles. The molecule has 0 saturated heterocycles. The first kappa shape index (κ1) is 7.08. The first-order valence-corrected chi connectivity index (χ1v) is 2.63. The molecule has 0 atom stereocenters. The van der Waals surface area contributed by atoms with Gasteiger partial charge in [-0.15, -0.1) is 0 Å². The summed E-state index contributed by atoms with van der Waals surface area (Å²) in [5.41, 5.74) is -1.72. The van der Waals surface area contributed by atoms with Gasteiger partial charge in [0, 0.05) is 0 Å². The summed E-state index contributed by atoms with van der Waals surface area (Å²) in [7, 11) is 0. The molecule has 7 heavy (non-hydrogen) atoms. The largest absolute Gasteiger partial charge is 0.283 e. The zero-order valence-corrected chi connectivity index (χ0v) is 5.75. The fourth-order valence-corrected chi connectivity index (χ4v) is 0. The molecule has 0 aliphatic heterocycles. The quantitative estimate of drug-likeness (QED) is 0.545. The van der Waals surface area contributed by atoms with Gasteiger partial charge in [-0.3, -0.25) is 4.79 Å². The Morgan fingerprint density at radius 1 is 1.71 bits per heavy atom. The Morgan fingerprint density at radius 3 is 1.86 bits per heavy atom. The van der Waals surface area contributed by atoms with E-state index in [0.717, 1.165) is 0 Å². The van der Waals surface area contributed by atoms with E-state index in [1.807, 2.05) is 0 Å². The summed E-state index contributed by atoms with van der Waals surface area (Å²) in [6.07, 6.45) is 0. The number of halogens is 2. The molecule has 0 heterocycles. The number of rotatable bonds is 1. The molecule has 42 valence electrons. The lowest BCUT2D eigenvalue weighted by Gasteiger charge is -2.04. The second-order valence-electron chi connectivity index (χ2n) is 1.75. The minimum atomic E-state index is -1.72. The van der Waals surface area contributed by atoms with Crippen LogP contribution < -0.4 is 0 Å². The molecule has 0 amide bonds. The van der Waals surface area contributed by atoms with E-state index in [1.165, 1.54) is 13.8 Å². The van der Waals surface area contributed by atoms with Gasteiger partial charge < -0.3 is 0 Å². The van der Waals surface area contributed by atoms with Crippen LogP contribution in [0.25, 0.3) is 0 Å². The molecule has 3 heteroatoms. The fourth-order valence-electron chi connectivity index (χ4n) is 0. The number of carbonyl (C=O) groups excluding carboxylic acids is 1. The molecule has 0 aromatic carbocycles. The summed E-state index contributed by atoms with van der Waals surface area (Å²) >= 11 is 2.48. The van der Waals surface area contributed by atoms with Crippen molar-refractivity contribution in [3.05, 3.63) is 0 Å². The summed E-state index contributed by atoms with van der Waals surface area (Å²) in [6, 6.07) is 0. The molecule has 0 rings (SSSR count). The number of carbonyl (C=O) groups is 1.